The van der Waals surface area contributed by atoms with Crippen molar-refractivity contribution in [3.8, 4) is 0 Å². The number of nitrogens with two attached hydrogens (primary N) is 1. The Balaban J connectivity index is 0. The molecule has 3 nitrogen and oxygen atoms in total. The predicted molar refractivity (Wildman–Crippen MR) is 83.3 cm³/mol. The Morgan fingerprint density at radius 2 is 1.37 bits per heavy atom. The van der Waals surface area contributed by atoms with Gasteiger partial charge in [0, 0.05) is 0 Å². The topological polar surface area (TPSA) is 52.3 Å². The van der Waals surface area contributed by atoms with E-state index in [-0.39, 0.29) is 35.3 Å². The summed E-state index contributed by atoms with van der Waals surface area (Å²) in [7, 11) is 0. The minimum atomic E-state index is -0.481. The van der Waals surface area contributed by atoms with Crippen molar-refractivity contribution in [2.45, 2.75) is 71.1 Å². The molecule has 0 radical (unpaired) electrons. The van der Waals surface area contributed by atoms with Gasteiger partial charge in [-0.1, -0.05) is 71.3 Å². The maximum atomic E-state index is 11.0. The summed E-state index contributed by atoms with van der Waals surface area (Å²) in [5.74, 6) is -0.481. The van der Waals surface area contributed by atoms with Crippen molar-refractivity contribution < 1.29 is 9.53 Å². The number of ether oxygens (including phenoxy) is 1. The van der Waals surface area contributed by atoms with E-state index in [1.807, 2.05) is 0 Å². The van der Waals surface area contributed by atoms with Crippen LogP contribution in [0, 0.1) is 0 Å². The van der Waals surface area contributed by atoms with E-state index in [1.165, 1.54) is 51.4 Å². The zero-order valence-corrected chi connectivity index (χ0v) is 11.9. The second-order valence-corrected chi connectivity index (χ2v) is 4.84. The summed E-state index contributed by atoms with van der Waals surface area (Å²) in [6.07, 6.45) is 12.7. The van der Waals surface area contributed by atoms with Gasteiger partial charge in [0.15, 0.2) is 0 Å². The van der Waals surface area contributed by atoms with Crippen molar-refractivity contribution in [2.75, 3.05) is 6.61 Å². The second-order valence-electron chi connectivity index (χ2n) is 4.84. The van der Waals surface area contributed by atoms with Crippen LogP contribution in [0.1, 0.15) is 71.1 Å². The molecule has 0 aliphatic carbocycles. The molecule has 0 saturated carbocycles. The number of esters is 1. The van der Waals surface area contributed by atoms with Crippen LogP contribution >= 0.6 is 0 Å². The third-order valence-electron chi connectivity index (χ3n) is 2.99. The van der Waals surface area contributed by atoms with Crippen LogP contribution in [-0.2, 0) is 9.53 Å². The SMILES string of the molecule is C=C(N)C(=O)OCCCCCCCCCCCC.[NaH]. The average molecular weight is 279 g/mol. The molecular weight excluding hydrogens is 249 g/mol. The van der Waals surface area contributed by atoms with Gasteiger partial charge >= 0.3 is 35.5 Å². The van der Waals surface area contributed by atoms with E-state index < -0.39 is 5.97 Å². The Morgan fingerprint density at radius 3 is 1.79 bits per heavy atom. The summed E-state index contributed by atoms with van der Waals surface area (Å²) in [4.78, 5) is 11.0. The van der Waals surface area contributed by atoms with Gasteiger partial charge in [-0.25, -0.2) is 4.79 Å². The van der Waals surface area contributed by atoms with Crippen molar-refractivity contribution in [2.24, 2.45) is 5.73 Å². The van der Waals surface area contributed by atoms with E-state index in [2.05, 4.69) is 13.5 Å². The number of hydrogen-bond donors (Lipinski definition) is 1. The van der Waals surface area contributed by atoms with E-state index in [9.17, 15) is 4.79 Å². The third-order valence-corrected chi connectivity index (χ3v) is 2.99. The summed E-state index contributed by atoms with van der Waals surface area (Å²) in [6.45, 7) is 6.03. The van der Waals surface area contributed by atoms with Crippen molar-refractivity contribution in [1.82, 2.24) is 0 Å². The Kier molecular flexibility index (Phi) is 18.0. The van der Waals surface area contributed by atoms with Crippen molar-refractivity contribution in [3.05, 3.63) is 12.3 Å². The van der Waals surface area contributed by atoms with E-state index in [4.69, 9.17) is 10.5 Å². The number of carbonyl (C=O) groups is 1. The quantitative estimate of drug-likeness (QED) is 0.258. The Hall–Kier alpha value is 0.0100. The van der Waals surface area contributed by atoms with Crippen LogP contribution in [0.25, 0.3) is 0 Å². The fourth-order valence-corrected chi connectivity index (χ4v) is 1.85. The third kappa shape index (κ3) is 16.0. The van der Waals surface area contributed by atoms with Gasteiger partial charge in [-0.2, -0.15) is 0 Å². The molecule has 2 N–H and O–H groups in total. The molecule has 0 aromatic heterocycles. The van der Waals surface area contributed by atoms with E-state index in [0.29, 0.717) is 6.61 Å². The molecule has 0 saturated heterocycles. The van der Waals surface area contributed by atoms with Gasteiger partial charge in [-0.05, 0) is 6.42 Å². The van der Waals surface area contributed by atoms with E-state index in [0.717, 1.165) is 12.8 Å². The summed E-state index contributed by atoms with van der Waals surface area (Å²) in [5.41, 5.74) is 5.19. The van der Waals surface area contributed by atoms with Crippen LogP contribution in [-0.4, -0.2) is 42.1 Å². The zero-order chi connectivity index (χ0) is 13.6. The minimum absolute atomic E-state index is 0. The monoisotopic (exact) mass is 279 g/mol. The predicted octanol–water partition coefficient (Wildman–Crippen LogP) is 3.27. The molecule has 0 aliphatic heterocycles. The molecule has 0 spiro atoms. The zero-order valence-electron chi connectivity index (χ0n) is 11.9. The standard InChI is InChI=1S/C15H29NO2.Na.H/c1-3-4-5-6-7-8-9-10-11-12-13-18-15(17)14(2)16;;/h2-13,16H2,1H3;;. The Morgan fingerprint density at radius 1 is 0.947 bits per heavy atom. The van der Waals surface area contributed by atoms with E-state index >= 15 is 0 Å². The normalized spacial score (nSPS) is 9.74. The number of carbonyl (C=O) groups excluding carboxylic acids is 1. The van der Waals surface area contributed by atoms with Crippen LogP contribution in [0.4, 0.5) is 0 Å². The van der Waals surface area contributed by atoms with Gasteiger partial charge in [0.25, 0.3) is 0 Å². The molecule has 0 heterocycles. The van der Waals surface area contributed by atoms with Crippen LogP contribution in [0.2, 0.25) is 0 Å². The van der Waals surface area contributed by atoms with Crippen LogP contribution in [0.15, 0.2) is 12.3 Å². The van der Waals surface area contributed by atoms with Gasteiger partial charge in [0.1, 0.15) is 5.70 Å². The molecule has 19 heavy (non-hydrogen) atoms. The molecule has 0 aromatic carbocycles. The van der Waals surface area contributed by atoms with Gasteiger partial charge < -0.3 is 10.5 Å². The molecule has 0 atom stereocenters. The molecule has 0 bridgehead atoms. The molecule has 0 aromatic rings. The molecule has 0 aliphatic rings. The fraction of sp³-hybridized carbons (Fsp3) is 0.800. The molecular formula is C15H30NNaO2. The number of hydrogen-bond acceptors (Lipinski definition) is 3. The molecule has 0 rings (SSSR count). The first kappa shape index (κ1) is 21.3. The Bertz CT molecular complexity index is 232. The Labute approximate surface area is 140 Å². The summed E-state index contributed by atoms with van der Waals surface area (Å²) < 4.78 is 4.91. The van der Waals surface area contributed by atoms with E-state index in [1.54, 1.807) is 0 Å². The molecule has 0 unspecified atom stereocenters. The first-order chi connectivity index (χ1) is 8.68. The van der Waals surface area contributed by atoms with Gasteiger partial charge in [0.2, 0.25) is 0 Å². The first-order valence-electron chi connectivity index (χ1n) is 7.30. The molecule has 4 heteroatoms. The first-order valence-corrected chi connectivity index (χ1v) is 7.30. The van der Waals surface area contributed by atoms with Gasteiger partial charge in [-0.15, -0.1) is 0 Å². The van der Waals surface area contributed by atoms with Crippen LogP contribution in [0.3, 0.4) is 0 Å². The van der Waals surface area contributed by atoms with Gasteiger partial charge in [0.05, 0.1) is 6.61 Å². The molecule has 0 fully saturated rings. The number of unbranched alkanes of at least 4 members (excludes halogenated alkanes) is 9. The van der Waals surface area contributed by atoms with Crippen molar-refractivity contribution in [1.29, 1.82) is 0 Å². The number of rotatable bonds is 12. The van der Waals surface area contributed by atoms with Crippen LogP contribution < -0.4 is 5.73 Å². The van der Waals surface area contributed by atoms with Gasteiger partial charge in [-0.3, -0.25) is 0 Å². The van der Waals surface area contributed by atoms with Crippen LogP contribution in [0.5, 0.6) is 0 Å². The summed E-state index contributed by atoms with van der Waals surface area (Å²) >= 11 is 0. The molecule has 108 valence electrons. The summed E-state index contributed by atoms with van der Waals surface area (Å²) in [5, 5.41) is 0. The second kappa shape index (κ2) is 16.1. The van der Waals surface area contributed by atoms with Crippen molar-refractivity contribution >= 4 is 35.5 Å². The van der Waals surface area contributed by atoms with Crippen molar-refractivity contribution in [3.63, 3.8) is 0 Å². The average Bonchev–Trinajstić information content (AvgIpc) is 2.35. The molecule has 0 amide bonds. The maximum absolute atomic E-state index is 11.0. The fourth-order valence-electron chi connectivity index (χ4n) is 1.85. The summed E-state index contributed by atoms with van der Waals surface area (Å²) in [6, 6.07) is 0.